The molecule has 1 atom stereocenters. The molecule has 1 amide bonds. The van der Waals surface area contributed by atoms with Crippen LogP contribution in [0.1, 0.15) is 12.2 Å². The van der Waals surface area contributed by atoms with Crippen molar-refractivity contribution in [1.82, 2.24) is 4.90 Å². The quantitative estimate of drug-likeness (QED) is 0.532. The van der Waals surface area contributed by atoms with Gasteiger partial charge in [-0.05, 0) is 42.8 Å². The first-order valence-corrected chi connectivity index (χ1v) is 11.6. The lowest BCUT2D eigenvalue weighted by Gasteiger charge is -2.20. The van der Waals surface area contributed by atoms with Crippen molar-refractivity contribution in [2.45, 2.75) is 12.5 Å². The van der Waals surface area contributed by atoms with Gasteiger partial charge in [0.2, 0.25) is 0 Å². The Balaban J connectivity index is 1.56. The SMILES string of the molecule is O=C1/C(=C/c2ccc(-c3ccc(Cl)cc3)o2)SC(=S)N1[C@H]1CCS(=O)(=O)C1. The standard InChI is InChI=1S/C18H14ClNO4S3/c19-12-3-1-11(2-4-12)15-6-5-14(24-15)9-16-17(21)20(18(25)26-16)13-7-8-27(22,23)10-13/h1-6,9,13H,7-8,10H2/b16-9-/t13-/m0/s1. The van der Waals surface area contributed by atoms with E-state index < -0.39 is 9.84 Å². The van der Waals surface area contributed by atoms with Crippen molar-refractivity contribution in [2.24, 2.45) is 0 Å². The highest BCUT2D eigenvalue weighted by Crippen LogP contribution is 2.37. The maximum absolute atomic E-state index is 12.7. The molecule has 1 aromatic carbocycles. The fourth-order valence-corrected chi connectivity index (χ4v) is 6.31. The number of furan rings is 1. The Labute approximate surface area is 171 Å². The molecular formula is C18H14ClNO4S3. The maximum atomic E-state index is 12.7. The molecule has 0 spiro atoms. The molecule has 2 fully saturated rings. The fourth-order valence-electron chi connectivity index (χ4n) is 3.10. The molecule has 2 aliphatic rings. The molecule has 0 radical (unpaired) electrons. The summed E-state index contributed by atoms with van der Waals surface area (Å²) in [6.45, 7) is 0. The molecule has 0 bridgehead atoms. The van der Waals surface area contributed by atoms with Gasteiger partial charge in [0.15, 0.2) is 9.84 Å². The van der Waals surface area contributed by atoms with Gasteiger partial charge in [-0.1, -0.05) is 35.6 Å². The van der Waals surface area contributed by atoms with E-state index in [1.807, 2.05) is 18.2 Å². The largest absolute Gasteiger partial charge is 0.457 e. The van der Waals surface area contributed by atoms with Crippen molar-refractivity contribution in [3.8, 4) is 11.3 Å². The zero-order valence-electron chi connectivity index (χ0n) is 13.9. The number of thiocarbonyl (C=S) groups is 1. The third-order valence-corrected chi connectivity index (χ3v) is 7.76. The Bertz CT molecular complexity index is 1060. The molecule has 3 heterocycles. The molecule has 0 N–H and O–H groups in total. The number of rotatable bonds is 3. The van der Waals surface area contributed by atoms with Crippen LogP contribution in [0.5, 0.6) is 0 Å². The third-order valence-electron chi connectivity index (χ3n) is 4.43. The number of benzene rings is 1. The van der Waals surface area contributed by atoms with Crippen LogP contribution in [0.15, 0.2) is 45.7 Å². The lowest BCUT2D eigenvalue weighted by Crippen LogP contribution is -2.39. The van der Waals surface area contributed by atoms with Crippen molar-refractivity contribution in [3.05, 3.63) is 52.1 Å². The van der Waals surface area contributed by atoms with Gasteiger partial charge in [-0.25, -0.2) is 8.42 Å². The number of carbonyl (C=O) groups is 1. The van der Waals surface area contributed by atoms with Crippen LogP contribution in [-0.2, 0) is 14.6 Å². The average Bonchev–Trinajstić information content (AvgIpc) is 3.28. The summed E-state index contributed by atoms with van der Waals surface area (Å²) in [5.74, 6) is 0.983. The number of hydrogen-bond donors (Lipinski definition) is 0. The average molecular weight is 440 g/mol. The van der Waals surface area contributed by atoms with Crippen LogP contribution < -0.4 is 0 Å². The van der Waals surface area contributed by atoms with Crippen LogP contribution in [-0.4, -0.2) is 41.1 Å². The second kappa shape index (κ2) is 7.09. The van der Waals surface area contributed by atoms with Crippen molar-refractivity contribution in [1.29, 1.82) is 0 Å². The van der Waals surface area contributed by atoms with Crippen molar-refractivity contribution in [3.63, 3.8) is 0 Å². The third kappa shape index (κ3) is 3.85. The van der Waals surface area contributed by atoms with Gasteiger partial charge in [0.25, 0.3) is 5.91 Å². The van der Waals surface area contributed by atoms with E-state index in [9.17, 15) is 13.2 Å². The number of thioether (sulfide) groups is 1. The normalized spacial score (nSPS) is 23.5. The predicted octanol–water partition coefficient (Wildman–Crippen LogP) is 3.99. The Morgan fingerprint density at radius 3 is 2.63 bits per heavy atom. The van der Waals surface area contributed by atoms with Crippen LogP contribution in [0.3, 0.4) is 0 Å². The van der Waals surface area contributed by atoms with Crippen LogP contribution >= 0.6 is 35.6 Å². The molecule has 4 rings (SSSR count). The minimum Gasteiger partial charge on any atom is -0.457 e. The topological polar surface area (TPSA) is 67.6 Å². The number of hydrogen-bond acceptors (Lipinski definition) is 6. The van der Waals surface area contributed by atoms with Crippen LogP contribution in [0, 0.1) is 0 Å². The first-order valence-electron chi connectivity index (χ1n) is 8.16. The molecule has 140 valence electrons. The number of nitrogens with zero attached hydrogens (tertiary/aromatic N) is 1. The number of halogens is 1. The molecule has 0 unspecified atom stereocenters. The Kier molecular flexibility index (Phi) is 4.92. The van der Waals surface area contributed by atoms with E-state index in [-0.39, 0.29) is 23.5 Å². The zero-order valence-corrected chi connectivity index (χ0v) is 17.1. The van der Waals surface area contributed by atoms with Gasteiger partial charge < -0.3 is 4.42 Å². The van der Waals surface area contributed by atoms with Gasteiger partial charge in [0.05, 0.1) is 22.5 Å². The van der Waals surface area contributed by atoms with Gasteiger partial charge in [-0.2, -0.15) is 0 Å². The smallest absolute Gasteiger partial charge is 0.266 e. The minimum absolute atomic E-state index is 0.0335. The highest BCUT2D eigenvalue weighted by Gasteiger charge is 2.42. The molecular weight excluding hydrogens is 426 g/mol. The molecule has 2 aromatic rings. The van der Waals surface area contributed by atoms with Crippen molar-refractivity contribution < 1.29 is 17.6 Å². The summed E-state index contributed by atoms with van der Waals surface area (Å²) in [4.78, 5) is 14.6. The predicted molar refractivity (Wildman–Crippen MR) is 111 cm³/mol. The first kappa shape index (κ1) is 18.7. The van der Waals surface area contributed by atoms with E-state index in [0.717, 1.165) is 5.56 Å². The Morgan fingerprint density at radius 1 is 1.22 bits per heavy atom. The van der Waals surface area contributed by atoms with Crippen LogP contribution in [0.2, 0.25) is 5.02 Å². The highest BCUT2D eigenvalue weighted by molar-refractivity contribution is 8.26. The summed E-state index contributed by atoms with van der Waals surface area (Å²) >= 11 is 12.4. The van der Waals surface area contributed by atoms with Crippen LogP contribution in [0.25, 0.3) is 17.4 Å². The zero-order chi connectivity index (χ0) is 19.2. The molecule has 2 aliphatic heterocycles. The lowest BCUT2D eigenvalue weighted by molar-refractivity contribution is -0.123. The summed E-state index contributed by atoms with van der Waals surface area (Å²) in [7, 11) is -3.10. The number of amides is 1. The van der Waals surface area contributed by atoms with E-state index in [4.69, 9.17) is 28.2 Å². The first-order chi connectivity index (χ1) is 12.8. The molecule has 1 aromatic heterocycles. The molecule has 0 aliphatic carbocycles. The van der Waals surface area contributed by atoms with Crippen molar-refractivity contribution >= 4 is 61.7 Å². The second-order valence-corrected chi connectivity index (χ2v) is 10.7. The summed E-state index contributed by atoms with van der Waals surface area (Å²) in [6.07, 6.45) is 2.06. The van der Waals surface area contributed by atoms with Crippen molar-refractivity contribution in [2.75, 3.05) is 11.5 Å². The second-order valence-electron chi connectivity index (χ2n) is 6.32. The van der Waals surface area contributed by atoms with Gasteiger partial charge in [0, 0.05) is 16.7 Å². The van der Waals surface area contributed by atoms with E-state index in [1.165, 1.54) is 16.7 Å². The Morgan fingerprint density at radius 2 is 1.96 bits per heavy atom. The molecule has 9 heteroatoms. The van der Waals surface area contributed by atoms with Gasteiger partial charge in [-0.15, -0.1) is 0 Å². The Hall–Kier alpha value is -1.61. The maximum Gasteiger partial charge on any atom is 0.266 e. The minimum atomic E-state index is -3.10. The van der Waals surface area contributed by atoms with Gasteiger partial charge in [0.1, 0.15) is 15.8 Å². The van der Waals surface area contributed by atoms with E-state index in [2.05, 4.69) is 0 Å². The summed E-state index contributed by atoms with van der Waals surface area (Å²) in [5, 5.41) is 0.642. The van der Waals surface area contributed by atoms with Crippen LogP contribution in [0.4, 0.5) is 0 Å². The van der Waals surface area contributed by atoms with E-state index >= 15 is 0 Å². The fraction of sp³-hybridized carbons (Fsp3) is 0.222. The molecule has 0 saturated carbocycles. The summed E-state index contributed by atoms with van der Waals surface area (Å²) in [6, 6.07) is 10.5. The highest BCUT2D eigenvalue weighted by atomic mass is 35.5. The molecule has 5 nitrogen and oxygen atoms in total. The number of sulfone groups is 1. The molecule has 27 heavy (non-hydrogen) atoms. The summed E-state index contributed by atoms with van der Waals surface area (Å²) in [5.41, 5.74) is 0.878. The van der Waals surface area contributed by atoms with E-state index in [0.29, 0.717) is 32.2 Å². The van der Waals surface area contributed by atoms with Gasteiger partial charge >= 0.3 is 0 Å². The van der Waals surface area contributed by atoms with E-state index in [1.54, 1.807) is 24.3 Å². The lowest BCUT2D eigenvalue weighted by atomic mass is 10.2. The number of carbonyl (C=O) groups excluding carboxylic acids is 1. The summed E-state index contributed by atoms with van der Waals surface area (Å²) < 4.78 is 29.6. The van der Waals surface area contributed by atoms with Gasteiger partial charge in [-0.3, -0.25) is 9.69 Å². The monoisotopic (exact) mass is 439 g/mol. The molecule has 2 saturated heterocycles.